The molecule has 2 atom stereocenters. The second-order valence-electron chi connectivity index (χ2n) is 10.6. The van der Waals surface area contributed by atoms with Crippen LogP contribution in [0.5, 0.6) is 5.75 Å². The first-order valence-corrected chi connectivity index (χ1v) is 15.2. The fourth-order valence-electron chi connectivity index (χ4n) is 4.13. The Morgan fingerprint density at radius 3 is 2.17 bits per heavy atom. The summed E-state index contributed by atoms with van der Waals surface area (Å²) in [7, 11) is 1.58. The molecule has 0 aliphatic carbocycles. The SMILES string of the molecule is CCCCN(C(=O)C(CCSC)NC(=O)OC(C)(C)C)C(C(=O)Nc1ccc(OC)cc1)c1ccc(CC)cc1. The van der Waals surface area contributed by atoms with Gasteiger partial charge in [0.05, 0.1) is 7.11 Å². The monoisotopic (exact) mass is 571 g/mol. The number of benzene rings is 2. The van der Waals surface area contributed by atoms with Crippen LogP contribution in [0, 0.1) is 0 Å². The summed E-state index contributed by atoms with van der Waals surface area (Å²) in [6.45, 7) is 9.79. The molecule has 0 bridgehead atoms. The van der Waals surface area contributed by atoms with E-state index in [2.05, 4.69) is 17.6 Å². The standard InChI is InChI=1S/C31H45N3O5S/c1-8-10-20-34(29(36)26(19-21-40-7)33-30(37)39-31(3,4)5)27(23-13-11-22(9-2)12-14-23)28(35)32-24-15-17-25(38-6)18-16-24/h11-18,26-27H,8-10,19-21H2,1-7H3,(H,32,35)(H,33,37). The van der Waals surface area contributed by atoms with Gasteiger partial charge in [0.25, 0.3) is 5.91 Å². The van der Waals surface area contributed by atoms with E-state index in [-0.39, 0.29) is 11.8 Å². The van der Waals surface area contributed by atoms with E-state index in [0.29, 0.717) is 42.1 Å². The zero-order valence-electron chi connectivity index (χ0n) is 24.9. The molecule has 0 aliphatic heterocycles. The van der Waals surface area contributed by atoms with E-state index in [4.69, 9.17) is 9.47 Å². The van der Waals surface area contributed by atoms with Gasteiger partial charge in [0.15, 0.2) is 0 Å². The second kappa shape index (κ2) is 16.2. The van der Waals surface area contributed by atoms with Gasteiger partial charge in [-0.15, -0.1) is 0 Å². The molecular formula is C31H45N3O5S. The number of alkyl carbamates (subject to hydrolysis) is 1. The van der Waals surface area contributed by atoms with Gasteiger partial charge < -0.3 is 25.0 Å². The van der Waals surface area contributed by atoms with Crippen LogP contribution < -0.4 is 15.4 Å². The fourth-order valence-corrected chi connectivity index (χ4v) is 4.60. The van der Waals surface area contributed by atoms with Gasteiger partial charge in [-0.05, 0) is 87.4 Å². The summed E-state index contributed by atoms with van der Waals surface area (Å²) in [5, 5.41) is 5.76. The lowest BCUT2D eigenvalue weighted by atomic mass is 9.99. The molecule has 2 N–H and O–H groups in total. The number of nitrogens with zero attached hydrogens (tertiary/aromatic N) is 1. The topological polar surface area (TPSA) is 97.0 Å². The third kappa shape index (κ3) is 10.4. The van der Waals surface area contributed by atoms with Crippen LogP contribution in [0.25, 0.3) is 0 Å². The molecule has 0 aliphatic rings. The first kappa shape index (κ1) is 33.0. The number of hydrogen-bond acceptors (Lipinski definition) is 6. The molecule has 2 rings (SSSR count). The van der Waals surface area contributed by atoms with Gasteiger partial charge in [-0.25, -0.2) is 4.79 Å². The molecule has 8 nitrogen and oxygen atoms in total. The van der Waals surface area contributed by atoms with Crippen LogP contribution in [0.3, 0.4) is 0 Å². The molecular weight excluding hydrogens is 526 g/mol. The lowest BCUT2D eigenvalue weighted by Gasteiger charge is -2.34. The zero-order chi connectivity index (χ0) is 29.7. The molecule has 2 aromatic rings. The molecule has 2 aromatic carbocycles. The second-order valence-corrected chi connectivity index (χ2v) is 11.6. The predicted octanol–water partition coefficient (Wildman–Crippen LogP) is 6.21. The van der Waals surface area contributed by atoms with Crippen molar-refractivity contribution in [2.45, 2.75) is 78.0 Å². The summed E-state index contributed by atoms with van der Waals surface area (Å²) in [4.78, 5) is 42.4. The van der Waals surface area contributed by atoms with Crippen LogP contribution in [0.1, 0.15) is 71.0 Å². The van der Waals surface area contributed by atoms with Crippen molar-refractivity contribution >= 4 is 35.4 Å². The summed E-state index contributed by atoms with van der Waals surface area (Å²) in [5.74, 6) is 0.679. The number of nitrogens with one attached hydrogen (secondary N) is 2. The molecule has 0 spiro atoms. The molecule has 0 fully saturated rings. The number of thioether (sulfide) groups is 1. The normalized spacial score (nSPS) is 12.7. The highest BCUT2D eigenvalue weighted by Crippen LogP contribution is 2.27. The van der Waals surface area contributed by atoms with Crippen molar-refractivity contribution in [1.82, 2.24) is 10.2 Å². The van der Waals surface area contributed by atoms with Gasteiger partial charge in [-0.2, -0.15) is 11.8 Å². The molecule has 0 heterocycles. The zero-order valence-corrected chi connectivity index (χ0v) is 25.7. The van der Waals surface area contributed by atoms with Crippen LogP contribution in [0.2, 0.25) is 0 Å². The predicted molar refractivity (Wildman–Crippen MR) is 163 cm³/mol. The van der Waals surface area contributed by atoms with Gasteiger partial charge in [-0.1, -0.05) is 44.5 Å². The van der Waals surface area contributed by atoms with E-state index < -0.39 is 23.8 Å². The Labute approximate surface area is 243 Å². The summed E-state index contributed by atoms with van der Waals surface area (Å²) < 4.78 is 10.7. The minimum atomic E-state index is -0.899. The Bertz CT molecular complexity index is 1080. The highest BCUT2D eigenvalue weighted by molar-refractivity contribution is 7.98. The number of aryl methyl sites for hydroxylation is 1. The molecule has 40 heavy (non-hydrogen) atoms. The Kier molecular flexibility index (Phi) is 13.3. The molecule has 9 heteroatoms. The lowest BCUT2D eigenvalue weighted by molar-refractivity contribution is -0.141. The Hall–Kier alpha value is -3.20. The van der Waals surface area contributed by atoms with E-state index >= 15 is 0 Å². The third-order valence-corrected chi connectivity index (χ3v) is 6.90. The van der Waals surface area contributed by atoms with Crippen LogP contribution in [0.4, 0.5) is 10.5 Å². The van der Waals surface area contributed by atoms with Crippen molar-refractivity contribution in [1.29, 1.82) is 0 Å². The lowest BCUT2D eigenvalue weighted by Crippen LogP contribution is -2.52. The summed E-state index contributed by atoms with van der Waals surface area (Å²) >= 11 is 1.58. The smallest absolute Gasteiger partial charge is 0.408 e. The maximum Gasteiger partial charge on any atom is 0.408 e. The fraction of sp³-hybridized carbons (Fsp3) is 0.516. The van der Waals surface area contributed by atoms with E-state index in [0.717, 1.165) is 18.4 Å². The maximum atomic E-state index is 14.2. The van der Waals surface area contributed by atoms with Crippen LogP contribution >= 0.6 is 11.8 Å². The Balaban J connectivity index is 2.50. The van der Waals surface area contributed by atoms with Gasteiger partial charge in [0, 0.05) is 12.2 Å². The number of hydrogen-bond donors (Lipinski definition) is 2. The molecule has 2 unspecified atom stereocenters. The first-order valence-electron chi connectivity index (χ1n) is 13.9. The van der Waals surface area contributed by atoms with Crippen LogP contribution in [0.15, 0.2) is 48.5 Å². The molecule has 220 valence electrons. The first-order chi connectivity index (χ1) is 19.0. The van der Waals surface area contributed by atoms with Gasteiger partial charge in [0.1, 0.15) is 23.4 Å². The van der Waals surface area contributed by atoms with Gasteiger partial charge in [0.2, 0.25) is 5.91 Å². The van der Waals surface area contributed by atoms with Crippen molar-refractivity contribution in [3.05, 3.63) is 59.7 Å². The van der Waals surface area contributed by atoms with E-state index in [1.54, 1.807) is 68.8 Å². The van der Waals surface area contributed by atoms with E-state index in [9.17, 15) is 14.4 Å². The van der Waals surface area contributed by atoms with Crippen molar-refractivity contribution in [3.63, 3.8) is 0 Å². The Morgan fingerprint density at radius 1 is 1.00 bits per heavy atom. The van der Waals surface area contributed by atoms with E-state index in [1.807, 2.05) is 37.4 Å². The average molecular weight is 572 g/mol. The Morgan fingerprint density at radius 2 is 1.65 bits per heavy atom. The number of anilines is 1. The van der Waals surface area contributed by atoms with Crippen LogP contribution in [-0.4, -0.2) is 60.1 Å². The minimum Gasteiger partial charge on any atom is -0.497 e. The highest BCUT2D eigenvalue weighted by Gasteiger charge is 2.36. The largest absolute Gasteiger partial charge is 0.497 e. The maximum absolute atomic E-state index is 14.2. The number of rotatable bonds is 14. The molecule has 3 amide bonds. The number of carbonyl (C=O) groups excluding carboxylic acids is 3. The number of unbranched alkanes of at least 4 members (excludes halogenated alkanes) is 1. The highest BCUT2D eigenvalue weighted by atomic mass is 32.2. The van der Waals surface area contributed by atoms with Crippen molar-refractivity contribution in [2.75, 3.05) is 31.0 Å². The summed E-state index contributed by atoms with van der Waals surface area (Å²) in [6, 6.07) is 13.1. The summed E-state index contributed by atoms with van der Waals surface area (Å²) in [6.07, 6.45) is 4.09. The van der Waals surface area contributed by atoms with Crippen molar-refractivity contribution in [3.8, 4) is 5.75 Å². The van der Waals surface area contributed by atoms with Gasteiger partial charge in [-0.3, -0.25) is 9.59 Å². The molecule has 0 saturated carbocycles. The third-order valence-electron chi connectivity index (χ3n) is 6.26. The number of ether oxygens (including phenoxy) is 2. The number of carbonyl (C=O) groups is 3. The molecule has 0 saturated heterocycles. The van der Waals surface area contributed by atoms with Gasteiger partial charge >= 0.3 is 6.09 Å². The number of methoxy groups -OCH3 is 1. The van der Waals surface area contributed by atoms with E-state index in [1.165, 1.54) is 0 Å². The average Bonchev–Trinajstić information content (AvgIpc) is 2.92. The van der Waals surface area contributed by atoms with Crippen molar-refractivity contribution in [2.24, 2.45) is 0 Å². The molecule has 0 radical (unpaired) electrons. The van der Waals surface area contributed by atoms with Crippen LogP contribution in [-0.2, 0) is 20.7 Å². The van der Waals surface area contributed by atoms with Crippen molar-refractivity contribution < 1.29 is 23.9 Å². The molecule has 0 aromatic heterocycles. The quantitative estimate of drug-likeness (QED) is 0.280. The number of amides is 3. The summed E-state index contributed by atoms with van der Waals surface area (Å²) in [5.41, 5.74) is 1.72. The minimum absolute atomic E-state index is 0.317.